The first-order chi connectivity index (χ1) is 13.2. The number of hydrogen-bond donors (Lipinski definition) is 0. The van der Waals surface area contributed by atoms with E-state index in [1.54, 1.807) is 18.6 Å². The molecule has 0 N–H and O–H groups in total. The number of hydrogen-bond acceptors (Lipinski definition) is 3. The Morgan fingerprint density at radius 2 is 1.78 bits per heavy atom. The molecule has 1 aliphatic heterocycles. The lowest BCUT2D eigenvalue weighted by atomic mass is 10.1. The van der Waals surface area contributed by atoms with Gasteiger partial charge in [-0.05, 0) is 35.9 Å². The molecule has 4 aromatic rings. The van der Waals surface area contributed by atoms with Crippen LogP contribution >= 0.6 is 0 Å². The van der Waals surface area contributed by atoms with Gasteiger partial charge in [-0.15, -0.1) is 0 Å². The third-order valence-corrected chi connectivity index (χ3v) is 5.00. The molecular formula is C21H16F2N4. The van der Waals surface area contributed by atoms with Crippen molar-refractivity contribution in [1.29, 1.82) is 0 Å². The number of fused-ring (bicyclic) bond motifs is 2. The van der Waals surface area contributed by atoms with Crippen LogP contribution in [0.25, 0.3) is 16.9 Å². The molecule has 0 atom stereocenters. The molecule has 0 aliphatic carbocycles. The van der Waals surface area contributed by atoms with Gasteiger partial charge in [-0.3, -0.25) is 14.3 Å². The number of rotatable bonds is 3. The summed E-state index contributed by atoms with van der Waals surface area (Å²) in [5.74, 6) is -1.07. The fourth-order valence-electron chi connectivity index (χ4n) is 3.69. The monoisotopic (exact) mass is 362 g/mol. The van der Waals surface area contributed by atoms with Gasteiger partial charge in [-0.25, -0.2) is 13.8 Å². The van der Waals surface area contributed by atoms with Gasteiger partial charge < -0.3 is 0 Å². The number of aromatic nitrogens is 3. The fourth-order valence-corrected chi connectivity index (χ4v) is 3.69. The minimum atomic E-state index is -0.536. The van der Waals surface area contributed by atoms with E-state index < -0.39 is 11.6 Å². The quantitative estimate of drug-likeness (QED) is 0.548. The highest BCUT2D eigenvalue weighted by Gasteiger charge is 2.23. The van der Waals surface area contributed by atoms with Crippen LogP contribution in [0, 0.1) is 11.6 Å². The smallest absolute Gasteiger partial charge is 0.137 e. The van der Waals surface area contributed by atoms with Gasteiger partial charge in [0.15, 0.2) is 0 Å². The zero-order chi connectivity index (χ0) is 18.4. The van der Waals surface area contributed by atoms with Crippen molar-refractivity contribution >= 4 is 5.65 Å². The number of halogens is 2. The van der Waals surface area contributed by atoms with Crippen molar-refractivity contribution in [3.05, 3.63) is 89.5 Å². The summed E-state index contributed by atoms with van der Waals surface area (Å²) in [6.07, 6.45) is 5.19. The van der Waals surface area contributed by atoms with Gasteiger partial charge in [-0.2, -0.15) is 0 Å². The summed E-state index contributed by atoms with van der Waals surface area (Å²) in [6.45, 7) is 1.47. The summed E-state index contributed by atoms with van der Waals surface area (Å²) in [5, 5.41) is 0. The highest BCUT2D eigenvalue weighted by atomic mass is 19.1. The Kier molecular flexibility index (Phi) is 3.72. The molecule has 4 heterocycles. The molecule has 0 saturated carbocycles. The van der Waals surface area contributed by atoms with Crippen LogP contribution in [0.2, 0.25) is 0 Å². The Labute approximate surface area is 154 Å². The Morgan fingerprint density at radius 3 is 2.59 bits per heavy atom. The van der Waals surface area contributed by atoms with Gasteiger partial charge in [-0.1, -0.05) is 12.1 Å². The first-order valence-electron chi connectivity index (χ1n) is 8.74. The zero-order valence-corrected chi connectivity index (χ0v) is 14.4. The highest BCUT2D eigenvalue weighted by Crippen LogP contribution is 2.28. The van der Waals surface area contributed by atoms with E-state index in [1.165, 1.54) is 12.1 Å². The second-order valence-corrected chi connectivity index (χ2v) is 6.74. The van der Waals surface area contributed by atoms with Crippen molar-refractivity contribution < 1.29 is 8.78 Å². The molecule has 5 rings (SSSR count). The molecule has 4 nitrogen and oxygen atoms in total. The SMILES string of the molecule is Fc1cc(-c2cccc3nccn23)cc(F)c1CN1Cc2cccnc2C1. The number of benzene rings is 1. The molecule has 0 unspecified atom stereocenters. The minimum Gasteiger partial charge on any atom is -0.300 e. The predicted molar refractivity (Wildman–Crippen MR) is 97.7 cm³/mol. The van der Waals surface area contributed by atoms with Crippen LogP contribution in [0.5, 0.6) is 0 Å². The van der Waals surface area contributed by atoms with E-state index in [1.807, 2.05) is 39.6 Å². The van der Waals surface area contributed by atoms with Crippen molar-refractivity contribution in [2.75, 3.05) is 0 Å². The Bertz CT molecular complexity index is 1100. The molecular weight excluding hydrogens is 346 g/mol. The maximum absolute atomic E-state index is 14.8. The van der Waals surface area contributed by atoms with Crippen LogP contribution < -0.4 is 0 Å². The van der Waals surface area contributed by atoms with Crippen LogP contribution in [-0.4, -0.2) is 19.3 Å². The molecule has 1 aromatic carbocycles. The van der Waals surface area contributed by atoms with Crippen LogP contribution in [0.15, 0.2) is 61.1 Å². The normalized spacial score (nSPS) is 14.0. The lowest BCUT2D eigenvalue weighted by molar-refractivity contribution is 0.265. The molecule has 1 aliphatic rings. The van der Waals surface area contributed by atoms with E-state index in [9.17, 15) is 8.78 Å². The topological polar surface area (TPSA) is 33.4 Å². The minimum absolute atomic E-state index is 0.0874. The van der Waals surface area contributed by atoms with Gasteiger partial charge in [0.2, 0.25) is 0 Å². The molecule has 0 spiro atoms. The maximum Gasteiger partial charge on any atom is 0.137 e. The first-order valence-corrected chi connectivity index (χ1v) is 8.74. The molecule has 0 bridgehead atoms. The number of nitrogens with zero attached hydrogens (tertiary/aromatic N) is 4. The lowest BCUT2D eigenvalue weighted by Crippen LogP contribution is -2.18. The molecule has 0 amide bonds. The summed E-state index contributed by atoms with van der Waals surface area (Å²) >= 11 is 0. The largest absolute Gasteiger partial charge is 0.300 e. The third-order valence-electron chi connectivity index (χ3n) is 5.00. The van der Waals surface area contributed by atoms with E-state index in [4.69, 9.17) is 0 Å². The lowest BCUT2D eigenvalue weighted by Gasteiger charge is -2.16. The average Bonchev–Trinajstić information content (AvgIpc) is 3.30. The van der Waals surface area contributed by atoms with Crippen LogP contribution in [0.3, 0.4) is 0 Å². The van der Waals surface area contributed by atoms with Gasteiger partial charge in [0.1, 0.15) is 17.3 Å². The van der Waals surface area contributed by atoms with Gasteiger partial charge in [0.05, 0.1) is 11.4 Å². The second kappa shape index (κ2) is 6.25. The van der Waals surface area contributed by atoms with Gasteiger partial charge in [0, 0.05) is 49.4 Å². The zero-order valence-electron chi connectivity index (χ0n) is 14.4. The molecule has 3 aromatic heterocycles. The summed E-state index contributed by atoms with van der Waals surface area (Å²) in [5.41, 5.74) is 4.10. The molecule has 134 valence electrons. The predicted octanol–water partition coefficient (Wildman–Crippen LogP) is 4.19. The van der Waals surface area contributed by atoms with Crippen molar-refractivity contribution in [2.24, 2.45) is 0 Å². The van der Waals surface area contributed by atoms with Crippen LogP contribution in [0.4, 0.5) is 8.78 Å². The highest BCUT2D eigenvalue weighted by molar-refractivity contribution is 5.64. The van der Waals surface area contributed by atoms with Crippen LogP contribution in [-0.2, 0) is 19.6 Å². The summed E-state index contributed by atoms with van der Waals surface area (Å²) in [4.78, 5) is 10.5. The second-order valence-electron chi connectivity index (χ2n) is 6.74. The van der Waals surface area contributed by atoms with Crippen molar-refractivity contribution in [2.45, 2.75) is 19.6 Å². The van der Waals surface area contributed by atoms with E-state index >= 15 is 0 Å². The van der Waals surface area contributed by atoms with Crippen LogP contribution in [0.1, 0.15) is 16.8 Å². The maximum atomic E-state index is 14.8. The summed E-state index contributed by atoms with van der Waals surface area (Å²) < 4.78 is 31.4. The number of imidazole rings is 1. The van der Waals surface area contributed by atoms with Crippen molar-refractivity contribution in [3.63, 3.8) is 0 Å². The van der Waals surface area contributed by atoms with Gasteiger partial charge in [0.25, 0.3) is 0 Å². The Hall–Kier alpha value is -3.12. The van der Waals surface area contributed by atoms with Crippen molar-refractivity contribution in [3.8, 4) is 11.3 Å². The molecule has 6 heteroatoms. The average molecular weight is 362 g/mol. The molecule has 0 saturated heterocycles. The molecule has 0 radical (unpaired) electrons. The van der Waals surface area contributed by atoms with E-state index in [0.717, 1.165) is 16.9 Å². The summed E-state index contributed by atoms with van der Waals surface area (Å²) in [7, 11) is 0. The third kappa shape index (κ3) is 2.78. The van der Waals surface area contributed by atoms with Gasteiger partial charge >= 0.3 is 0 Å². The number of pyridine rings is 2. The van der Waals surface area contributed by atoms with E-state index in [0.29, 0.717) is 24.3 Å². The Morgan fingerprint density at radius 1 is 0.926 bits per heavy atom. The van der Waals surface area contributed by atoms with E-state index in [2.05, 4.69) is 9.97 Å². The summed E-state index contributed by atoms with van der Waals surface area (Å²) in [6, 6.07) is 12.2. The Balaban J connectivity index is 1.47. The molecule has 0 fully saturated rings. The first kappa shape index (κ1) is 16.1. The molecule has 27 heavy (non-hydrogen) atoms. The fraction of sp³-hybridized carbons (Fsp3) is 0.143. The van der Waals surface area contributed by atoms with E-state index in [-0.39, 0.29) is 12.1 Å². The van der Waals surface area contributed by atoms with Crippen molar-refractivity contribution in [1.82, 2.24) is 19.3 Å². The standard InChI is InChI=1S/C21H16F2N4/c22-17-9-15(20-4-1-5-21-25-7-8-27(20)21)10-18(23)16(17)12-26-11-14-3-2-6-24-19(14)13-26/h1-10H,11-13H2.